The minimum atomic E-state index is -0.0174. The molecular weight excluding hydrogens is 178 g/mol. The lowest BCUT2D eigenvalue weighted by atomic mass is 9.80. The molecule has 1 aromatic rings. The summed E-state index contributed by atoms with van der Waals surface area (Å²) in [6, 6.07) is 1.62. The van der Waals surface area contributed by atoms with Crippen LogP contribution < -0.4 is 0 Å². The molecule has 0 fully saturated rings. The fourth-order valence-corrected chi connectivity index (χ4v) is 1.59. The largest absolute Gasteiger partial charge is 0.491 e. The van der Waals surface area contributed by atoms with Gasteiger partial charge in [0.1, 0.15) is 5.76 Å². The molecule has 0 saturated heterocycles. The van der Waals surface area contributed by atoms with Crippen molar-refractivity contribution in [1.29, 1.82) is 0 Å². The maximum atomic E-state index is 9.13. The van der Waals surface area contributed by atoms with Crippen LogP contribution in [-0.4, -0.2) is 10.3 Å². The Hall–Kier alpha value is -0.990. The molecule has 1 unspecified atom stereocenters. The third-order valence-corrected chi connectivity index (χ3v) is 2.96. The Labute approximate surface area is 85.1 Å². The molecule has 1 N–H and O–H groups in total. The van der Waals surface area contributed by atoms with Gasteiger partial charge in [-0.2, -0.15) is 0 Å². The minimum Gasteiger partial charge on any atom is -0.491 e. The number of aromatic nitrogens is 1. The fraction of sp³-hybridized carbons (Fsp3) is 0.727. The Balaban J connectivity index is 2.78. The molecule has 1 aromatic heterocycles. The molecule has 0 aliphatic heterocycles. The van der Waals surface area contributed by atoms with E-state index in [0.29, 0.717) is 0 Å². The summed E-state index contributed by atoms with van der Waals surface area (Å²) in [5.74, 6) is 0.780. The molecule has 80 valence electrons. The van der Waals surface area contributed by atoms with Gasteiger partial charge < -0.3 is 9.63 Å². The molecule has 0 saturated carbocycles. The van der Waals surface area contributed by atoms with Gasteiger partial charge in [0, 0.05) is 11.5 Å². The van der Waals surface area contributed by atoms with E-state index >= 15 is 0 Å². The monoisotopic (exact) mass is 197 g/mol. The fourth-order valence-electron chi connectivity index (χ4n) is 1.59. The van der Waals surface area contributed by atoms with E-state index in [1.165, 1.54) is 12.8 Å². The average Bonchev–Trinajstić information content (AvgIpc) is 2.62. The van der Waals surface area contributed by atoms with Crippen molar-refractivity contribution < 1.29 is 9.63 Å². The smallest absolute Gasteiger partial charge is 0.251 e. The van der Waals surface area contributed by atoms with Gasteiger partial charge in [-0.25, -0.2) is 0 Å². The summed E-state index contributed by atoms with van der Waals surface area (Å²) >= 11 is 0. The van der Waals surface area contributed by atoms with Gasteiger partial charge in [0.05, 0.1) is 0 Å². The lowest BCUT2D eigenvalue weighted by molar-refractivity contribution is 0.269. The summed E-state index contributed by atoms with van der Waals surface area (Å²) in [6.45, 7) is 6.46. The molecule has 1 heterocycles. The normalized spacial score (nSPS) is 15.4. The van der Waals surface area contributed by atoms with Crippen LogP contribution in [0.1, 0.15) is 52.2 Å². The van der Waals surface area contributed by atoms with Crippen molar-refractivity contribution in [2.75, 3.05) is 0 Å². The topological polar surface area (TPSA) is 46.3 Å². The third-order valence-electron chi connectivity index (χ3n) is 2.96. The maximum Gasteiger partial charge on any atom is 0.251 e. The van der Waals surface area contributed by atoms with Gasteiger partial charge in [-0.1, -0.05) is 33.6 Å². The summed E-state index contributed by atoms with van der Waals surface area (Å²) in [6.07, 6.45) is 4.43. The standard InChI is InChI=1S/C11H19NO2/c1-4-6-7-11(3,5-2)9-8-10(13)12-14-9/h8H,4-7H2,1-3H3,(H,12,13). The zero-order chi connectivity index (χ0) is 10.6. The minimum absolute atomic E-state index is 0.0174. The van der Waals surface area contributed by atoms with Crippen molar-refractivity contribution in [3.63, 3.8) is 0 Å². The van der Waals surface area contributed by atoms with E-state index in [-0.39, 0.29) is 11.3 Å². The van der Waals surface area contributed by atoms with Crippen molar-refractivity contribution in [3.05, 3.63) is 11.8 Å². The van der Waals surface area contributed by atoms with Crippen LogP contribution in [0.15, 0.2) is 10.6 Å². The first-order valence-electron chi connectivity index (χ1n) is 5.28. The Morgan fingerprint density at radius 2 is 2.21 bits per heavy atom. The van der Waals surface area contributed by atoms with Crippen molar-refractivity contribution in [3.8, 4) is 5.88 Å². The highest BCUT2D eigenvalue weighted by Gasteiger charge is 2.28. The molecule has 0 radical (unpaired) electrons. The second kappa shape index (κ2) is 4.49. The quantitative estimate of drug-likeness (QED) is 0.788. The molecule has 0 spiro atoms. The first kappa shape index (κ1) is 11.1. The van der Waals surface area contributed by atoms with Crippen LogP contribution in [0, 0.1) is 0 Å². The van der Waals surface area contributed by atoms with Crippen LogP contribution in [0.5, 0.6) is 5.88 Å². The van der Waals surface area contributed by atoms with Crippen molar-refractivity contribution in [1.82, 2.24) is 5.16 Å². The number of nitrogens with zero attached hydrogens (tertiary/aromatic N) is 1. The summed E-state index contributed by atoms with van der Waals surface area (Å²) < 4.78 is 5.12. The number of rotatable bonds is 5. The first-order chi connectivity index (χ1) is 6.62. The second-order valence-electron chi connectivity index (χ2n) is 4.07. The zero-order valence-corrected chi connectivity index (χ0v) is 9.21. The zero-order valence-electron chi connectivity index (χ0n) is 9.21. The molecule has 0 aliphatic carbocycles. The van der Waals surface area contributed by atoms with Crippen molar-refractivity contribution in [2.45, 2.75) is 51.9 Å². The van der Waals surface area contributed by atoms with Crippen LogP contribution in [0.4, 0.5) is 0 Å². The number of hydrogen-bond acceptors (Lipinski definition) is 3. The molecule has 14 heavy (non-hydrogen) atoms. The van der Waals surface area contributed by atoms with Crippen molar-refractivity contribution >= 4 is 0 Å². The van der Waals surface area contributed by atoms with E-state index in [1.54, 1.807) is 6.07 Å². The van der Waals surface area contributed by atoms with Gasteiger partial charge in [-0.3, -0.25) is 0 Å². The number of aromatic hydroxyl groups is 1. The van der Waals surface area contributed by atoms with Gasteiger partial charge in [0.15, 0.2) is 0 Å². The van der Waals surface area contributed by atoms with Gasteiger partial charge in [0.2, 0.25) is 0 Å². The highest BCUT2D eigenvalue weighted by molar-refractivity contribution is 5.17. The summed E-state index contributed by atoms with van der Waals surface area (Å²) in [5, 5.41) is 12.7. The van der Waals surface area contributed by atoms with Gasteiger partial charge in [-0.15, -0.1) is 0 Å². The van der Waals surface area contributed by atoms with E-state index in [9.17, 15) is 0 Å². The summed E-state index contributed by atoms with van der Waals surface area (Å²) in [7, 11) is 0. The Kier molecular flexibility index (Phi) is 3.55. The molecule has 1 atom stereocenters. The van der Waals surface area contributed by atoms with Gasteiger partial charge >= 0.3 is 0 Å². The van der Waals surface area contributed by atoms with E-state index < -0.39 is 0 Å². The average molecular weight is 197 g/mol. The molecule has 0 aromatic carbocycles. The molecule has 0 bridgehead atoms. The first-order valence-corrected chi connectivity index (χ1v) is 5.28. The van der Waals surface area contributed by atoms with E-state index in [2.05, 4.69) is 25.9 Å². The van der Waals surface area contributed by atoms with Crippen molar-refractivity contribution in [2.24, 2.45) is 0 Å². The molecule has 1 rings (SSSR count). The van der Waals surface area contributed by atoms with Gasteiger partial charge in [-0.05, 0) is 18.0 Å². The molecule has 0 amide bonds. The highest BCUT2D eigenvalue weighted by Crippen LogP contribution is 2.34. The van der Waals surface area contributed by atoms with Gasteiger partial charge in [0.25, 0.3) is 5.88 Å². The van der Waals surface area contributed by atoms with Crippen LogP contribution in [0.25, 0.3) is 0 Å². The second-order valence-corrected chi connectivity index (χ2v) is 4.07. The number of hydrogen-bond donors (Lipinski definition) is 1. The molecular formula is C11H19NO2. The van der Waals surface area contributed by atoms with Crippen LogP contribution in [0.2, 0.25) is 0 Å². The van der Waals surface area contributed by atoms with Crippen LogP contribution >= 0.6 is 0 Å². The molecule has 0 aliphatic rings. The predicted molar refractivity (Wildman–Crippen MR) is 55.3 cm³/mol. The van der Waals surface area contributed by atoms with E-state index in [0.717, 1.165) is 18.6 Å². The Morgan fingerprint density at radius 3 is 2.64 bits per heavy atom. The van der Waals surface area contributed by atoms with Crippen LogP contribution in [0.3, 0.4) is 0 Å². The highest BCUT2D eigenvalue weighted by atomic mass is 16.5. The Bertz CT molecular complexity index is 283. The molecule has 3 heteroatoms. The molecule has 3 nitrogen and oxygen atoms in total. The predicted octanol–water partition coefficient (Wildman–Crippen LogP) is 3.24. The number of unbranched alkanes of at least 4 members (excludes halogenated alkanes) is 1. The Morgan fingerprint density at radius 1 is 1.50 bits per heavy atom. The summed E-state index contributed by atoms with van der Waals surface area (Å²) in [4.78, 5) is 0. The maximum absolute atomic E-state index is 9.13. The lowest BCUT2D eigenvalue weighted by Gasteiger charge is -2.24. The summed E-state index contributed by atoms with van der Waals surface area (Å²) in [5.41, 5.74) is 0.0178. The third kappa shape index (κ3) is 2.28. The SMILES string of the molecule is CCCCC(C)(CC)c1cc(O)no1. The van der Waals surface area contributed by atoms with E-state index in [1.807, 2.05) is 0 Å². The van der Waals surface area contributed by atoms with Crippen LogP contribution in [-0.2, 0) is 5.41 Å². The lowest BCUT2D eigenvalue weighted by Crippen LogP contribution is -2.19. The van der Waals surface area contributed by atoms with E-state index in [4.69, 9.17) is 9.63 Å².